The number of H-pyrrole nitrogens is 1. The van der Waals surface area contributed by atoms with Gasteiger partial charge in [-0.2, -0.15) is 4.68 Å². The van der Waals surface area contributed by atoms with Gasteiger partial charge in [0.25, 0.3) is 17.4 Å². The summed E-state index contributed by atoms with van der Waals surface area (Å²) in [5, 5.41) is 14.1. The van der Waals surface area contributed by atoms with Crippen LogP contribution in [0.15, 0.2) is 47.5 Å². The van der Waals surface area contributed by atoms with E-state index in [1.807, 2.05) is 0 Å². The second kappa shape index (κ2) is 7.05. The third-order valence-corrected chi connectivity index (χ3v) is 3.38. The van der Waals surface area contributed by atoms with E-state index in [-0.39, 0.29) is 18.2 Å². The van der Waals surface area contributed by atoms with Gasteiger partial charge in [-0.15, -0.1) is 0 Å². The van der Waals surface area contributed by atoms with E-state index in [0.29, 0.717) is 12.1 Å². The Morgan fingerprint density at radius 2 is 1.92 bits per heavy atom. The van der Waals surface area contributed by atoms with E-state index in [4.69, 9.17) is 5.11 Å². The highest BCUT2D eigenvalue weighted by molar-refractivity contribution is 6.02. The van der Waals surface area contributed by atoms with E-state index >= 15 is 0 Å². The van der Waals surface area contributed by atoms with Crippen LogP contribution < -0.4 is 10.9 Å². The molecule has 0 saturated carbocycles. The molecule has 0 atom stereocenters. The first-order valence-corrected chi connectivity index (χ1v) is 7.38. The normalized spacial score (nSPS) is 10.6. The molecule has 8 nitrogen and oxygen atoms in total. The van der Waals surface area contributed by atoms with Crippen LogP contribution in [0.4, 0.5) is 10.1 Å². The number of aliphatic hydroxyl groups is 1. The number of anilines is 1. The van der Waals surface area contributed by atoms with E-state index in [2.05, 4.69) is 20.4 Å². The number of aliphatic hydroxyl groups excluding tert-OH is 1. The van der Waals surface area contributed by atoms with Crippen molar-refractivity contribution in [3.63, 3.8) is 0 Å². The highest BCUT2D eigenvalue weighted by Gasteiger charge is 2.14. The second-order valence-electron chi connectivity index (χ2n) is 5.17. The predicted molar refractivity (Wildman–Crippen MR) is 87.1 cm³/mol. The van der Waals surface area contributed by atoms with Gasteiger partial charge in [-0.25, -0.2) is 14.4 Å². The van der Waals surface area contributed by atoms with Crippen LogP contribution in [0.3, 0.4) is 0 Å². The Morgan fingerprint density at radius 1 is 1.24 bits per heavy atom. The molecular weight excluding hydrogens is 329 g/mol. The predicted octanol–water partition coefficient (Wildman–Crippen LogP) is 0.882. The summed E-state index contributed by atoms with van der Waals surface area (Å²) in [5.41, 5.74) is 0.944. The Kier molecular flexibility index (Phi) is 4.66. The lowest BCUT2D eigenvalue weighted by atomic mass is 10.1. The molecule has 9 heteroatoms. The van der Waals surface area contributed by atoms with Crippen molar-refractivity contribution < 1.29 is 14.3 Å². The van der Waals surface area contributed by atoms with Gasteiger partial charge in [-0.05, 0) is 24.1 Å². The quantitative estimate of drug-likeness (QED) is 0.636. The summed E-state index contributed by atoms with van der Waals surface area (Å²) in [6.45, 7) is 0.0475. The largest absolute Gasteiger partial charge is 0.396 e. The van der Waals surface area contributed by atoms with Gasteiger partial charge in [0, 0.05) is 18.4 Å². The molecule has 3 aromatic rings. The molecule has 0 saturated heterocycles. The zero-order valence-electron chi connectivity index (χ0n) is 12.9. The molecule has 25 heavy (non-hydrogen) atoms. The Balaban J connectivity index is 1.77. The van der Waals surface area contributed by atoms with Crippen molar-refractivity contribution in [3.8, 4) is 5.95 Å². The van der Waals surface area contributed by atoms with Gasteiger partial charge < -0.3 is 10.4 Å². The number of rotatable bonds is 5. The Bertz CT molecular complexity index is 932. The van der Waals surface area contributed by atoms with Crippen molar-refractivity contribution in [2.45, 2.75) is 6.42 Å². The average molecular weight is 343 g/mol. The minimum atomic E-state index is -0.633. The molecule has 2 aromatic heterocycles. The number of carbonyl (C=O) groups excluding carboxylic acids is 1. The van der Waals surface area contributed by atoms with Crippen LogP contribution in [-0.4, -0.2) is 37.4 Å². The van der Waals surface area contributed by atoms with Gasteiger partial charge in [0.15, 0.2) is 5.82 Å². The zero-order chi connectivity index (χ0) is 17.8. The number of amides is 1. The molecule has 2 heterocycles. The first kappa shape index (κ1) is 16.5. The summed E-state index contributed by atoms with van der Waals surface area (Å²) >= 11 is 0. The first-order valence-electron chi connectivity index (χ1n) is 7.38. The molecular formula is C16H14FN5O3. The minimum absolute atomic E-state index is 0.0114. The van der Waals surface area contributed by atoms with E-state index in [0.717, 1.165) is 28.7 Å². The van der Waals surface area contributed by atoms with Gasteiger partial charge in [0.05, 0.1) is 12.4 Å². The number of hydrogen-bond acceptors (Lipinski definition) is 5. The molecule has 1 aromatic carbocycles. The van der Waals surface area contributed by atoms with E-state index in [9.17, 15) is 14.0 Å². The van der Waals surface area contributed by atoms with Crippen molar-refractivity contribution in [3.05, 3.63) is 70.2 Å². The number of carbonyl (C=O) groups is 1. The fraction of sp³-hybridized carbons (Fsp3) is 0.125. The standard InChI is InChI=1S/C16H14FN5O3/c17-11-8-18-16(19-9-11)22-14(24)7-13(21-22)15(25)20-12-3-1-10(2-4-12)5-6-23/h1-4,7-9,21,23H,5-6H2,(H,20,25). The lowest BCUT2D eigenvalue weighted by Gasteiger charge is -2.05. The third-order valence-electron chi connectivity index (χ3n) is 3.38. The number of nitrogens with zero attached hydrogens (tertiary/aromatic N) is 3. The van der Waals surface area contributed by atoms with Gasteiger partial charge in [-0.1, -0.05) is 12.1 Å². The van der Waals surface area contributed by atoms with Crippen molar-refractivity contribution in [1.29, 1.82) is 0 Å². The fourth-order valence-electron chi connectivity index (χ4n) is 2.16. The molecule has 3 N–H and O–H groups in total. The first-order chi connectivity index (χ1) is 12.1. The molecule has 128 valence electrons. The van der Waals surface area contributed by atoms with Crippen LogP contribution in [0.5, 0.6) is 0 Å². The summed E-state index contributed by atoms with van der Waals surface area (Å²) < 4.78 is 13.8. The summed E-state index contributed by atoms with van der Waals surface area (Å²) in [5.74, 6) is -1.22. The van der Waals surface area contributed by atoms with E-state index < -0.39 is 17.3 Å². The molecule has 0 fully saturated rings. The van der Waals surface area contributed by atoms with Gasteiger partial charge >= 0.3 is 0 Å². The maximum atomic E-state index is 12.9. The molecule has 0 aliphatic carbocycles. The van der Waals surface area contributed by atoms with Crippen LogP contribution in [0.25, 0.3) is 5.95 Å². The monoisotopic (exact) mass is 343 g/mol. The van der Waals surface area contributed by atoms with Crippen LogP contribution in [0, 0.1) is 5.82 Å². The third kappa shape index (κ3) is 3.78. The molecule has 0 bridgehead atoms. The van der Waals surface area contributed by atoms with Crippen LogP contribution in [0.1, 0.15) is 16.1 Å². The highest BCUT2D eigenvalue weighted by Crippen LogP contribution is 2.11. The molecule has 0 aliphatic rings. The number of aromatic amines is 1. The van der Waals surface area contributed by atoms with E-state index in [1.165, 1.54) is 0 Å². The number of aromatic nitrogens is 4. The van der Waals surface area contributed by atoms with Crippen molar-refractivity contribution in [1.82, 2.24) is 19.7 Å². The molecule has 0 unspecified atom stereocenters. The number of nitrogens with one attached hydrogen (secondary N) is 2. The minimum Gasteiger partial charge on any atom is -0.396 e. The van der Waals surface area contributed by atoms with Crippen molar-refractivity contribution in [2.24, 2.45) is 0 Å². The average Bonchev–Trinajstić information content (AvgIpc) is 3.00. The number of halogens is 1. The SMILES string of the molecule is O=C(Nc1ccc(CCO)cc1)c1cc(=O)n(-c2ncc(F)cn2)[nH]1. The highest BCUT2D eigenvalue weighted by atomic mass is 19.1. The summed E-state index contributed by atoms with van der Waals surface area (Å²) in [6.07, 6.45) is 2.37. The maximum Gasteiger partial charge on any atom is 0.274 e. The molecule has 1 amide bonds. The lowest BCUT2D eigenvalue weighted by Crippen LogP contribution is -2.17. The summed E-state index contributed by atoms with van der Waals surface area (Å²) in [6, 6.07) is 8.06. The van der Waals surface area contributed by atoms with Crippen molar-refractivity contribution in [2.75, 3.05) is 11.9 Å². The van der Waals surface area contributed by atoms with Gasteiger partial charge in [0.1, 0.15) is 5.69 Å². The Hall–Kier alpha value is -3.33. The summed E-state index contributed by atoms with van der Waals surface area (Å²) in [7, 11) is 0. The second-order valence-corrected chi connectivity index (χ2v) is 5.17. The van der Waals surface area contributed by atoms with Crippen molar-refractivity contribution >= 4 is 11.6 Å². The molecule has 0 aliphatic heterocycles. The maximum absolute atomic E-state index is 12.9. The van der Waals surface area contributed by atoms with Gasteiger partial charge in [-0.3, -0.25) is 14.7 Å². The molecule has 0 radical (unpaired) electrons. The Labute approximate surface area is 141 Å². The van der Waals surface area contributed by atoms with Crippen LogP contribution in [0.2, 0.25) is 0 Å². The lowest BCUT2D eigenvalue weighted by molar-refractivity contribution is 0.102. The van der Waals surface area contributed by atoms with E-state index in [1.54, 1.807) is 24.3 Å². The van der Waals surface area contributed by atoms with Crippen LogP contribution >= 0.6 is 0 Å². The van der Waals surface area contributed by atoms with Gasteiger partial charge in [0.2, 0.25) is 0 Å². The molecule has 3 rings (SSSR count). The smallest absolute Gasteiger partial charge is 0.274 e. The molecule has 0 spiro atoms. The van der Waals surface area contributed by atoms with Crippen LogP contribution in [-0.2, 0) is 6.42 Å². The number of benzene rings is 1. The summed E-state index contributed by atoms with van der Waals surface area (Å²) in [4.78, 5) is 31.6. The zero-order valence-corrected chi connectivity index (χ0v) is 12.9. The Morgan fingerprint density at radius 3 is 2.56 bits per heavy atom. The number of hydrogen-bond donors (Lipinski definition) is 3. The topological polar surface area (TPSA) is 113 Å². The fourth-order valence-corrected chi connectivity index (χ4v) is 2.16.